The van der Waals surface area contributed by atoms with E-state index in [1.807, 2.05) is 0 Å². The molecular weight excluding hydrogens is 492 g/mol. The highest BCUT2D eigenvalue weighted by Gasteiger charge is 2.14. The summed E-state index contributed by atoms with van der Waals surface area (Å²) in [4.78, 5) is 0. The minimum Gasteiger partial charge on any atom is -0.0854 e. The fourth-order valence-electron chi connectivity index (χ4n) is 6.14. The molecule has 0 aromatic heterocycles. The molecule has 0 amide bonds. The van der Waals surface area contributed by atoms with E-state index < -0.39 is 0 Å². The molecule has 2 fully saturated rings. The summed E-state index contributed by atoms with van der Waals surface area (Å²) in [7, 11) is 0. The van der Waals surface area contributed by atoms with Crippen molar-refractivity contribution < 1.29 is 1.43 Å². The zero-order chi connectivity index (χ0) is 29.9. The van der Waals surface area contributed by atoms with Crippen LogP contribution in [0, 0.1) is 47.3 Å². The lowest BCUT2D eigenvalue weighted by Crippen LogP contribution is -2.08. The third kappa shape index (κ3) is 22.4. The number of allylic oxidation sites excluding steroid dienone is 6. The molecule has 2 saturated carbocycles. The zero-order valence-electron chi connectivity index (χ0n) is 29.2. The molecule has 244 valence electrons. The molecule has 0 heterocycles. The topological polar surface area (TPSA) is 0 Å². The number of hydrogen-bond acceptors (Lipinski definition) is 0. The summed E-state index contributed by atoms with van der Waals surface area (Å²) in [6, 6.07) is 0. The monoisotopic (exact) mass is 573 g/mol. The predicted octanol–water partition coefficient (Wildman–Crippen LogP) is 14.7. The van der Waals surface area contributed by atoms with Crippen LogP contribution in [0.5, 0.6) is 0 Å². The quantitative estimate of drug-likeness (QED) is 0.253. The Morgan fingerprint density at radius 2 is 0.683 bits per heavy atom. The average molecular weight is 573 g/mol. The van der Waals surface area contributed by atoms with Crippen molar-refractivity contribution in [3.8, 4) is 0 Å². The highest BCUT2D eigenvalue weighted by Crippen LogP contribution is 2.28. The molecule has 0 saturated heterocycles. The van der Waals surface area contributed by atoms with Gasteiger partial charge in [-0.05, 0) is 113 Å². The van der Waals surface area contributed by atoms with Crippen molar-refractivity contribution >= 4 is 0 Å². The predicted molar refractivity (Wildman–Crippen MR) is 193 cm³/mol. The van der Waals surface area contributed by atoms with Crippen molar-refractivity contribution in [2.24, 2.45) is 47.3 Å². The molecular formula is C41H80. The molecule has 0 aliphatic heterocycles. The first-order chi connectivity index (χ1) is 18.9. The van der Waals surface area contributed by atoms with Gasteiger partial charge in [0.25, 0.3) is 0 Å². The van der Waals surface area contributed by atoms with Crippen LogP contribution in [-0.4, -0.2) is 0 Å². The van der Waals surface area contributed by atoms with Gasteiger partial charge < -0.3 is 0 Å². The van der Waals surface area contributed by atoms with Gasteiger partial charge in [0.15, 0.2) is 0 Å². The van der Waals surface area contributed by atoms with Gasteiger partial charge in [-0.3, -0.25) is 0 Å². The maximum atomic E-state index is 2.37. The maximum Gasteiger partial charge on any atom is 0 e. The molecule has 5 aliphatic rings. The fraction of sp³-hybridized carbons (Fsp3) is 0.854. The first-order valence-corrected chi connectivity index (χ1v) is 17.9. The van der Waals surface area contributed by atoms with Crippen LogP contribution in [0.4, 0.5) is 0 Å². The molecule has 0 spiro atoms. The van der Waals surface area contributed by atoms with Gasteiger partial charge >= 0.3 is 0 Å². The SMILES string of the molecule is C.CC1=CCC(C)CC1.CC1=CCC(C)CC1.CC1C=CC(C)CC1.CC1CCC(C)CC1.CC1CCC(C)CC1.[HH]. The van der Waals surface area contributed by atoms with Gasteiger partial charge in [-0.1, -0.05) is 150 Å². The van der Waals surface area contributed by atoms with Crippen LogP contribution in [0.3, 0.4) is 0 Å². The molecule has 4 unspecified atom stereocenters. The van der Waals surface area contributed by atoms with Crippen molar-refractivity contribution in [3.05, 3.63) is 35.5 Å². The van der Waals surface area contributed by atoms with Gasteiger partial charge in [0.1, 0.15) is 0 Å². The molecule has 0 radical (unpaired) electrons. The van der Waals surface area contributed by atoms with Gasteiger partial charge in [0, 0.05) is 1.43 Å². The summed E-state index contributed by atoms with van der Waals surface area (Å²) >= 11 is 0. The van der Waals surface area contributed by atoms with Crippen LogP contribution in [-0.2, 0) is 0 Å². The van der Waals surface area contributed by atoms with Crippen LogP contribution in [0.2, 0.25) is 0 Å². The number of rotatable bonds is 0. The van der Waals surface area contributed by atoms with Gasteiger partial charge in [0.2, 0.25) is 0 Å². The van der Waals surface area contributed by atoms with Crippen LogP contribution in [0.25, 0.3) is 0 Å². The van der Waals surface area contributed by atoms with E-state index in [-0.39, 0.29) is 8.85 Å². The minimum absolute atomic E-state index is 0. The van der Waals surface area contributed by atoms with Crippen LogP contribution >= 0.6 is 0 Å². The molecule has 41 heavy (non-hydrogen) atoms. The molecule has 0 aromatic carbocycles. The maximum absolute atomic E-state index is 2.37. The van der Waals surface area contributed by atoms with Crippen molar-refractivity contribution in [2.75, 3.05) is 0 Å². The second-order valence-corrected chi connectivity index (χ2v) is 15.5. The summed E-state index contributed by atoms with van der Waals surface area (Å²) in [5.41, 5.74) is 3.17. The van der Waals surface area contributed by atoms with Crippen molar-refractivity contribution in [1.29, 1.82) is 0 Å². The van der Waals surface area contributed by atoms with Crippen LogP contribution in [0.1, 0.15) is 181 Å². The summed E-state index contributed by atoms with van der Waals surface area (Å²) in [5, 5.41) is 0. The van der Waals surface area contributed by atoms with E-state index in [1.165, 1.54) is 103 Å². The minimum atomic E-state index is 0. The summed E-state index contributed by atoms with van der Waals surface area (Å²) < 4.78 is 0. The Morgan fingerprint density at radius 1 is 0.415 bits per heavy atom. The lowest BCUT2D eigenvalue weighted by atomic mass is 9.84. The molecule has 4 atom stereocenters. The summed E-state index contributed by atoms with van der Waals surface area (Å²) in [5.74, 6) is 7.64. The van der Waals surface area contributed by atoms with E-state index in [1.54, 1.807) is 11.1 Å². The highest BCUT2D eigenvalue weighted by atomic mass is 14.2. The Balaban J connectivity index is 0. The average Bonchev–Trinajstić information content (AvgIpc) is 2.94. The molecule has 0 N–H and O–H groups in total. The third-order valence-corrected chi connectivity index (χ3v) is 10.3. The van der Waals surface area contributed by atoms with E-state index in [0.29, 0.717) is 0 Å². The Kier molecular flexibility index (Phi) is 23.2. The largest absolute Gasteiger partial charge is 0.0854 e. The summed E-state index contributed by atoms with van der Waals surface area (Å²) in [6.07, 6.45) is 32.1. The summed E-state index contributed by atoms with van der Waals surface area (Å²) in [6.45, 7) is 23.1. The van der Waals surface area contributed by atoms with Gasteiger partial charge in [-0.2, -0.15) is 0 Å². The lowest BCUT2D eigenvalue weighted by Gasteiger charge is -2.22. The molecule has 5 rings (SSSR count). The Bertz CT molecular complexity index is 618. The zero-order valence-corrected chi connectivity index (χ0v) is 29.2. The molecule has 0 heteroatoms. The van der Waals surface area contributed by atoms with E-state index >= 15 is 0 Å². The van der Waals surface area contributed by atoms with E-state index in [9.17, 15) is 0 Å². The fourth-order valence-corrected chi connectivity index (χ4v) is 6.14. The van der Waals surface area contributed by atoms with E-state index in [0.717, 1.165) is 47.3 Å². The van der Waals surface area contributed by atoms with Crippen molar-refractivity contribution in [2.45, 2.75) is 179 Å². The second-order valence-electron chi connectivity index (χ2n) is 15.5. The lowest BCUT2D eigenvalue weighted by molar-refractivity contribution is 0.308. The van der Waals surface area contributed by atoms with Gasteiger partial charge in [-0.25, -0.2) is 0 Å². The highest BCUT2D eigenvalue weighted by molar-refractivity contribution is 5.02. The van der Waals surface area contributed by atoms with Crippen LogP contribution < -0.4 is 0 Å². The van der Waals surface area contributed by atoms with Crippen LogP contribution in [0.15, 0.2) is 35.5 Å². The van der Waals surface area contributed by atoms with E-state index in [4.69, 9.17) is 0 Å². The molecule has 5 aliphatic carbocycles. The molecule has 0 aromatic rings. The van der Waals surface area contributed by atoms with Gasteiger partial charge in [-0.15, -0.1) is 0 Å². The Labute approximate surface area is 263 Å². The number of hydrogen-bond donors (Lipinski definition) is 0. The second kappa shape index (κ2) is 23.6. The molecule has 0 nitrogen and oxygen atoms in total. The van der Waals surface area contributed by atoms with Crippen molar-refractivity contribution in [1.82, 2.24) is 0 Å². The van der Waals surface area contributed by atoms with Crippen molar-refractivity contribution in [3.63, 3.8) is 0 Å². The Morgan fingerprint density at radius 3 is 0.854 bits per heavy atom. The molecule has 0 bridgehead atoms. The van der Waals surface area contributed by atoms with Gasteiger partial charge in [0.05, 0.1) is 0 Å². The first-order valence-electron chi connectivity index (χ1n) is 17.9. The Hall–Kier alpha value is -0.780. The third-order valence-electron chi connectivity index (χ3n) is 10.3. The smallest absolute Gasteiger partial charge is 0 e. The standard InChI is InChI=1S/2C8H16.3C8H14.CH4.H2/c5*1-7-3-5-8(2)6-4-7;;/h2*7-8H,3-6H2,1-2H3;2*3,8H,4-6H2,1-2H3;3,5,7-8H,4,6H2,1-2H3;1H4;1H. The van der Waals surface area contributed by atoms with E-state index in [2.05, 4.69) is 93.5 Å². The normalized spacial score (nSPS) is 34.5. The first kappa shape index (κ1) is 40.2.